The molecule has 0 radical (unpaired) electrons. The summed E-state index contributed by atoms with van der Waals surface area (Å²) in [6, 6.07) is 5.89. The summed E-state index contributed by atoms with van der Waals surface area (Å²) in [6.07, 6.45) is 3.45. The van der Waals surface area contributed by atoms with Crippen LogP contribution in [0.5, 0.6) is 0 Å². The normalized spacial score (nSPS) is 11.1. The van der Waals surface area contributed by atoms with Crippen molar-refractivity contribution in [1.29, 1.82) is 0 Å². The van der Waals surface area contributed by atoms with E-state index in [2.05, 4.69) is 25.2 Å². The lowest BCUT2D eigenvalue weighted by Gasteiger charge is -2.07. The number of rotatable bonds is 7. The summed E-state index contributed by atoms with van der Waals surface area (Å²) in [5.41, 5.74) is 1.27. The van der Waals surface area contributed by atoms with Gasteiger partial charge < -0.3 is 5.32 Å². The van der Waals surface area contributed by atoms with Crippen LogP contribution >= 0.6 is 23.2 Å². The Labute approximate surface area is 115 Å². The van der Waals surface area contributed by atoms with Gasteiger partial charge in [-0.2, -0.15) is 0 Å². The third-order valence-corrected chi connectivity index (χ3v) is 3.34. The quantitative estimate of drug-likeness (QED) is 0.718. The Bertz CT molecular complexity index is 337. The van der Waals surface area contributed by atoms with Gasteiger partial charge in [0, 0.05) is 0 Å². The van der Waals surface area contributed by atoms with Crippen LogP contribution in [0.4, 0.5) is 0 Å². The van der Waals surface area contributed by atoms with E-state index in [1.807, 2.05) is 12.1 Å². The Kier molecular flexibility index (Phi) is 6.94. The Balaban J connectivity index is 2.16. The second kappa shape index (κ2) is 7.97. The highest BCUT2D eigenvalue weighted by Gasteiger charge is 1.99. The summed E-state index contributed by atoms with van der Waals surface area (Å²) in [5, 5.41) is 4.73. The zero-order chi connectivity index (χ0) is 12.7. The van der Waals surface area contributed by atoms with Gasteiger partial charge in [-0.05, 0) is 56.0 Å². The number of benzene rings is 1. The molecule has 0 aliphatic carbocycles. The Hall–Kier alpha value is -0.240. The van der Waals surface area contributed by atoms with Crippen LogP contribution in [0.15, 0.2) is 18.2 Å². The summed E-state index contributed by atoms with van der Waals surface area (Å²) in [4.78, 5) is 0. The standard InChI is InChI=1S/C14H21Cl2N/c1-11(2)10-17-8-4-3-5-12-6-7-13(15)14(16)9-12/h6-7,9,11,17H,3-5,8,10H2,1-2H3. The van der Waals surface area contributed by atoms with Gasteiger partial charge in [0.1, 0.15) is 0 Å². The van der Waals surface area contributed by atoms with Gasteiger partial charge in [-0.15, -0.1) is 0 Å². The maximum atomic E-state index is 5.97. The van der Waals surface area contributed by atoms with Gasteiger partial charge >= 0.3 is 0 Å². The summed E-state index contributed by atoms with van der Waals surface area (Å²) in [7, 11) is 0. The van der Waals surface area contributed by atoms with E-state index >= 15 is 0 Å². The van der Waals surface area contributed by atoms with Crippen LogP contribution in [0, 0.1) is 5.92 Å². The number of hydrogen-bond acceptors (Lipinski definition) is 1. The largest absolute Gasteiger partial charge is 0.316 e. The second-order valence-corrected chi connectivity index (χ2v) is 5.62. The molecule has 1 N–H and O–H groups in total. The van der Waals surface area contributed by atoms with Crippen molar-refractivity contribution in [3.8, 4) is 0 Å². The molecule has 0 spiro atoms. The predicted molar refractivity (Wildman–Crippen MR) is 77.1 cm³/mol. The van der Waals surface area contributed by atoms with Crippen molar-refractivity contribution in [3.63, 3.8) is 0 Å². The molecule has 0 saturated carbocycles. The van der Waals surface area contributed by atoms with Gasteiger partial charge in [0.25, 0.3) is 0 Å². The Morgan fingerprint density at radius 1 is 1.12 bits per heavy atom. The summed E-state index contributed by atoms with van der Waals surface area (Å²) in [5.74, 6) is 0.727. The molecular weight excluding hydrogens is 253 g/mol. The Morgan fingerprint density at radius 3 is 2.53 bits per heavy atom. The van der Waals surface area contributed by atoms with E-state index in [-0.39, 0.29) is 0 Å². The Morgan fingerprint density at radius 2 is 1.88 bits per heavy atom. The smallest absolute Gasteiger partial charge is 0.0595 e. The third kappa shape index (κ3) is 6.30. The monoisotopic (exact) mass is 273 g/mol. The average molecular weight is 274 g/mol. The fourth-order valence-electron chi connectivity index (χ4n) is 1.67. The first-order valence-electron chi connectivity index (χ1n) is 6.24. The van der Waals surface area contributed by atoms with Crippen molar-refractivity contribution in [1.82, 2.24) is 5.32 Å². The van der Waals surface area contributed by atoms with Crippen molar-refractivity contribution in [2.75, 3.05) is 13.1 Å². The fourth-order valence-corrected chi connectivity index (χ4v) is 1.99. The minimum Gasteiger partial charge on any atom is -0.316 e. The van der Waals surface area contributed by atoms with Crippen LogP contribution in [-0.4, -0.2) is 13.1 Å². The topological polar surface area (TPSA) is 12.0 Å². The molecule has 0 aromatic heterocycles. The second-order valence-electron chi connectivity index (χ2n) is 4.80. The summed E-state index contributed by atoms with van der Waals surface area (Å²) in [6.45, 7) is 6.65. The minimum absolute atomic E-state index is 0.633. The van der Waals surface area contributed by atoms with Crippen molar-refractivity contribution in [3.05, 3.63) is 33.8 Å². The molecular formula is C14H21Cl2N. The van der Waals surface area contributed by atoms with E-state index < -0.39 is 0 Å². The molecule has 1 nitrogen and oxygen atoms in total. The molecule has 0 amide bonds. The molecule has 3 heteroatoms. The van der Waals surface area contributed by atoms with Gasteiger partial charge in [-0.3, -0.25) is 0 Å². The first-order chi connectivity index (χ1) is 8.09. The molecule has 96 valence electrons. The van der Waals surface area contributed by atoms with E-state index in [0.29, 0.717) is 10.0 Å². The lowest BCUT2D eigenvalue weighted by molar-refractivity contribution is 0.535. The summed E-state index contributed by atoms with van der Waals surface area (Å²) < 4.78 is 0. The molecule has 0 bridgehead atoms. The average Bonchev–Trinajstić information content (AvgIpc) is 2.27. The maximum absolute atomic E-state index is 5.97. The van der Waals surface area contributed by atoms with Gasteiger partial charge in [0.05, 0.1) is 10.0 Å². The van der Waals surface area contributed by atoms with Crippen molar-refractivity contribution in [2.24, 2.45) is 5.92 Å². The molecule has 1 aromatic carbocycles. The van der Waals surface area contributed by atoms with Gasteiger partial charge in [-0.25, -0.2) is 0 Å². The lowest BCUT2D eigenvalue weighted by Crippen LogP contribution is -2.20. The molecule has 0 aliphatic heterocycles. The number of unbranched alkanes of at least 4 members (excludes halogenated alkanes) is 1. The van der Waals surface area contributed by atoms with Crippen LogP contribution in [0.3, 0.4) is 0 Å². The van der Waals surface area contributed by atoms with Gasteiger partial charge in [-0.1, -0.05) is 43.1 Å². The SMILES string of the molecule is CC(C)CNCCCCc1ccc(Cl)c(Cl)c1. The van der Waals surface area contributed by atoms with Crippen molar-refractivity contribution in [2.45, 2.75) is 33.1 Å². The fraction of sp³-hybridized carbons (Fsp3) is 0.571. The van der Waals surface area contributed by atoms with E-state index in [0.717, 1.165) is 25.4 Å². The minimum atomic E-state index is 0.633. The zero-order valence-electron chi connectivity index (χ0n) is 10.6. The molecule has 0 aliphatic rings. The van der Waals surface area contributed by atoms with E-state index in [1.165, 1.54) is 18.4 Å². The highest BCUT2D eigenvalue weighted by molar-refractivity contribution is 6.42. The third-order valence-electron chi connectivity index (χ3n) is 2.61. The molecule has 1 rings (SSSR count). The molecule has 0 unspecified atom stereocenters. The van der Waals surface area contributed by atoms with Crippen LogP contribution in [0.1, 0.15) is 32.3 Å². The molecule has 1 aromatic rings. The van der Waals surface area contributed by atoms with E-state index in [1.54, 1.807) is 0 Å². The number of nitrogens with one attached hydrogen (secondary N) is 1. The van der Waals surface area contributed by atoms with Crippen LogP contribution < -0.4 is 5.32 Å². The van der Waals surface area contributed by atoms with Crippen LogP contribution in [0.2, 0.25) is 10.0 Å². The molecule has 0 atom stereocenters. The van der Waals surface area contributed by atoms with Gasteiger partial charge in [0.2, 0.25) is 0 Å². The zero-order valence-corrected chi connectivity index (χ0v) is 12.1. The first-order valence-corrected chi connectivity index (χ1v) is 7.00. The van der Waals surface area contributed by atoms with Crippen molar-refractivity contribution >= 4 is 23.2 Å². The number of aryl methyl sites for hydroxylation is 1. The lowest BCUT2D eigenvalue weighted by atomic mass is 10.1. The molecule has 0 heterocycles. The van der Waals surface area contributed by atoms with E-state index in [9.17, 15) is 0 Å². The van der Waals surface area contributed by atoms with Crippen LogP contribution in [0.25, 0.3) is 0 Å². The highest BCUT2D eigenvalue weighted by Crippen LogP contribution is 2.23. The summed E-state index contributed by atoms with van der Waals surface area (Å²) >= 11 is 11.8. The molecule has 0 saturated heterocycles. The molecule has 0 fully saturated rings. The maximum Gasteiger partial charge on any atom is 0.0595 e. The number of halogens is 2. The van der Waals surface area contributed by atoms with E-state index in [4.69, 9.17) is 23.2 Å². The van der Waals surface area contributed by atoms with Crippen molar-refractivity contribution < 1.29 is 0 Å². The van der Waals surface area contributed by atoms with Gasteiger partial charge in [0.15, 0.2) is 0 Å². The van der Waals surface area contributed by atoms with Crippen LogP contribution in [-0.2, 0) is 6.42 Å². The highest BCUT2D eigenvalue weighted by atomic mass is 35.5. The molecule has 17 heavy (non-hydrogen) atoms. The predicted octanol–water partition coefficient (Wildman–Crippen LogP) is 4.56. The first kappa shape index (κ1) is 14.8. The number of hydrogen-bond donors (Lipinski definition) is 1.